The molecule has 0 fully saturated rings. The van der Waals surface area contributed by atoms with Crippen LogP contribution >= 0.6 is 0 Å². The van der Waals surface area contributed by atoms with Gasteiger partial charge in [0.1, 0.15) is 6.04 Å². The Labute approximate surface area is 89.1 Å². The largest absolute Gasteiger partial charge is 0.480 e. The lowest BCUT2D eigenvalue weighted by molar-refractivity contribution is -0.139. The molecule has 0 aliphatic heterocycles. The second-order valence-electron chi connectivity index (χ2n) is 3.58. The molecule has 0 saturated heterocycles. The van der Waals surface area contributed by atoms with Gasteiger partial charge < -0.3 is 10.4 Å². The highest BCUT2D eigenvalue weighted by atomic mass is 16.4. The van der Waals surface area contributed by atoms with Crippen LogP contribution in [0.1, 0.15) is 18.9 Å². The summed E-state index contributed by atoms with van der Waals surface area (Å²) >= 11 is 0. The van der Waals surface area contributed by atoms with Gasteiger partial charge in [-0.2, -0.15) is 5.10 Å². The number of nitrogens with one attached hydrogen (secondary N) is 1. The Morgan fingerprint density at radius 1 is 1.73 bits per heavy atom. The van der Waals surface area contributed by atoms with Crippen LogP contribution in [0.25, 0.3) is 0 Å². The Balaban J connectivity index is 2.54. The van der Waals surface area contributed by atoms with E-state index in [1.54, 1.807) is 10.9 Å². The predicted octanol–water partition coefficient (Wildman–Crippen LogP) is 0.644. The molecule has 0 aromatic carbocycles. The van der Waals surface area contributed by atoms with E-state index < -0.39 is 12.0 Å². The zero-order valence-electron chi connectivity index (χ0n) is 9.10. The standard InChI is InChI=1S/C10H17N3O2/c1-3-4-11-9(10(14)15)7-13-6-8(2)5-12-13/h5-6,9,11H,3-4,7H2,1-2H3,(H,14,15). The molecule has 0 radical (unpaired) electrons. The van der Waals surface area contributed by atoms with Crippen LogP contribution in [0.15, 0.2) is 12.4 Å². The molecule has 0 spiro atoms. The number of nitrogens with zero attached hydrogens (tertiary/aromatic N) is 2. The average molecular weight is 211 g/mol. The summed E-state index contributed by atoms with van der Waals surface area (Å²) in [6, 6.07) is -0.566. The van der Waals surface area contributed by atoms with E-state index in [2.05, 4.69) is 10.4 Å². The molecule has 1 heterocycles. The third-order valence-corrected chi connectivity index (χ3v) is 2.07. The van der Waals surface area contributed by atoms with E-state index in [-0.39, 0.29) is 0 Å². The van der Waals surface area contributed by atoms with Crippen molar-refractivity contribution in [2.45, 2.75) is 32.9 Å². The fourth-order valence-electron chi connectivity index (χ4n) is 1.30. The first-order chi connectivity index (χ1) is 7.13. The van der Waals surface area contributed by atoms with Crippen molar-refractivity contribution in [3.8, 4) is 0 Å². The van der Waals surface area contributed by atoms with Crippen molar-refractivity contribution < 1.29 is 9.90 Å². The number of aryl methyl sites for hydroxylation is 1. The molecule has 2 N–H and O–H groups in total. The highest BCUT2D eigenvalue weighted by Gasteiger charge is 2.16. The van der Waals surface area contributed by atoms with E-state index in [0.29, 0.717) is 13.1 Å². The van der Waals surface area contributed by atoms with E-state index in [0.717, 1.165) is 12.0 Å². The summed E-state index contributed by atoms with van der Waals surface area (Å²) in [5, 5.41) is 16.0. The van der Waals surface area contributed by atoms with E-state index in [1.165, 1.54) is 0 Å². The van der Waals surface area contributed by atoms with E-state index in [4.69, 9.17) is 5.11 Å². The van der Waals surface area contributed by atoms with Gasteiger partial charge in [0.15, 0.2) is 0 Å². The lowest BCUT2D eigenvalue weighted by Crippen LogP contribution is -2.40. The third-order valence-electron chi connectivity index (χ3n) is 2.07. The number of carboxylic acid groups (broad SMARTS) is 1. The Morgan fingerprint density at radius 3 is 2.93 bits per heavy atom. The molecule has 5 heteroatoms. The van der Waals surface area contributed by atoms with Gasteiger partial charge >= 0.3 is 5.97 Å². The van der Waals surface area contributed by atoms with Crippen LogP contribution in [0.2, 0.25) is 0 Å². The summed E-state index contributed by atoms with van der Waals surface area (Å²) in [6.45, 7) is 5.00. The lowest BCUT2D eigenvalue weighted by atomic mass is 10.3. The SMILES string of the molecule is CCCNC(Cn1cc(C)cn1)C(=O)O. The molecule has 0 amide bonds. The van der Waals surface area contributed by atoms with E-state index in [9.17, 15) is 4.79 Å². The molecule has 0 saturated carbocycles. The first-order valence-electron chi connectivity index (χ1n) is 5.08. The fraction of sp³-hybridized carbons (Fsp3) is 0.600. The number of aromatic nitrogens is 2. The van der Waals surface area contributed by atoms with Gasteiger partial charge in [-0.1, -0.05) is 6.92 Å². The zero-order chi connectivity index (χ0) is 11.3. The molecular formula is C10H17N3O2. The second-order valence-corrected chi connectivity index (χ2v) is 3.58. The smallest absolute Gasteiger partial charge is 0.322 e. The highest BCUT2D eigenvalue weighted by Crippen LogP contribution is 1.97. The minimum absolute atomic E-state index is 0.364. The summed E-state index contributed by atoms with van der Waals surface area (Å²) in [5.41, 5.74) is 1.04. The minimum atomic E-state index is -0.836. The number of hydrogen-bond acceptors (Lipinski definition) is 3. The summed E-state index contributed by atoms with van der Waals surface area (Å²) in [7, 11) is 0. The Bertz CT molecular complexity index is 322. The summed E-state index contributed by atoms with van der Waals surface area (Å²) in [5.74, 6) is -0.836. The van der Waals surface area contributed by atoms with Gasteiger partial charge in [-0.25, -0.2) is 0 Å². The summed E-state index contributed by atoms with van der Waals surface area (Å²) < 4.78 is 1.65. The molecular weight excluding hydrogens is 194 g/mol. The molecule has 0 bridgehead atoms. The Morgan fingerprint density at radius 2 is 2.47 bits per heavy atom. The average Bonchev–Trinajstić information content (AvgIpc) is 2.58. The first-order valence-corrected chi connectivity index (χ1v) is 5.08. The van der Waals surface area contributed by atoms with Crippen LogP contribution in [0.5, 0.6) is 0 Å². The van der Waals surface area contributed by atoms with Gasteiger partial charge in [0, 0.05) is 6.20 Å². The van der Waals surface area contributed by atoms with Crippen molar-refractivity contribution >= 4 is 5.97 Å². The van der Waals surface area contributed by atoms with Gasteiger partial charge in [-0.3, -0.25) is 9.48 Å². The van der Waals surface area contributed by atoms with Crippen LogP contribution in [-0.4, -0.2) is 33.4 Å². The number of carbonyl (C=O) groups is 1. The van der Waals surface area contributed by atoms with Crippen molar-refractivity contribution in [3.63, 3.8) is 0 Å². The molecule has 1 atom stereocenters. The molecule has 1 aromatic heterocycles. The predicted molar refractivity (Wildman–Crippen MR) is 56.7 cm³/mol. The number of hydrogen-bond donors (Lipinski definition) is 2. The molecule has 5 nitrogen and oxygen atoms in total. The van der Waals surface area contributed by atoms with Gasteiger partial charge in [-0.05, 0) is 25.5 Å². The van der Waals surface area contributed by atoms with Crippen molar-refractivity contribution in [2.24, 2.45) is 0 Å². The summed E-state index contributed by atoms with van der Waals surface area (Å²) in [6.07, 6.45) is 4.48. The molecule has 15 heavy (non-hydrogen) atoms. The molecule has 84 valence electrons. The van der Waals surface area contributed by atoms with Gasteiger partial charge in [0.2, 0.25) is 0 Å². The monoisotopic (exact) mass is 211 g/mol. The van der Waals surface area contributed by atoms with Crippen molar-refractivity contribution in [2.75, 3.05) is 6.54 Å². The van der Waals surface area contributed by atoms with Crippen LogP contribution in [0, 0.1) is 6.92 Å². The minimum Gasteiger partial charge on any atom is -0.480 e. The topological polar surface area (TPSA) is 67.2 Å². The number of aliphatic carboxylic acids is 1. The van der Waals surface area contributed by atoms with Crippen LogP contribution < -0.4 is 5.32 Å². The number of carboxylic acids is 1. The molecule has 1 rings (SSSR count). The highest BCUT2D eigenvalue weighted by molar-refractivity contribution is 5.73. The van der Waals surface area contributed by atoms with E-state index in [1.807, 2.05) is 20.0 Å². The van der Waals surface area contributed by atoms with Gasteiger partial charge in [0.25, 0.3) is 0 Å². The van der Waals surface area contributed by atoms with Gasteiger partial charge in [0.05, 0.1) is 12.7 Å². The third kappa shape index (κ3) is 3.71. The van der Waals surface area contributed by atoms with Crippen molar-refractivity contribution in [1.29, 1.82) is 0 Å². The molecule has 1 unspecified atom stereocenters. The maximum Gasteiger partial charge on any atom is 0.322 e. The van der Waals surface area contributed by atoms with Gasteiger partial charge in [-0.15, -0.1) is 0 Å². The molecule has 0 aliphatic carbocycles. The normalized spacial score (nSPS) is 12.7. The van der Waals surface area contributed by atoms with Crippen LogP contribution in [0.3, 0.4) is 0 Å². The van der Waals surface area contributed by atoms with Crippen LogP contribution in [0.4, 0.5) is 0 Å². The van der Waals surface area contributed by atoms with E-state index >= 15 is 0 Å². The fourth-order valence-corrected chi connectivity index (χ4v) is 1.30. The summed E-state index contributed by atoms with van der Waals surface area (Å²) in [4.78, 5) is 10.9. The molecule has 0 aliphatic rings. The number of rotatable bonds is 6. The Hall–Kier alpha value is -1.36. The van der Waals surface area contributed by atoms with Crippen LogP contribution in [-0.2, 0) is 11.3 Å². The van der Waals surface area contributed by atoms with Crippen molar-refractivity contribution in [3.05, 3.63) is 18.0 Å². The first kappa shape index (κ1) is 11.7. The van der Waals surface area contributed by atoms with Crippen molar-refractivity contribution in [1.82, 2.24) is 15.1 Å². The quantitative estimate of drug-likeness (QED) is 0.724. The second kappa shape index (κ2) is 5.50. The maximum absolute atomic E-state index is 10.9. The zero-order valence-corrected chi connectivity index (χ0v) is 9.10. The Kier molecular flexibility index (Phi) is 4.30. The molecule has 1 aromatic rings. The lowest BCUT2D eigenvalue weighted by Gasteiger charge is -2.13. The maximum atomic E-state index is 10.9.